The van der Waals surface area contributed by atoms with Crippen LogP contribution < -0.4 is 5.32 Å². The smallest absolute Gasteiger partial charge is 0.271 e. The number of anilines is 1. The van der Waals surface area contributed by atoms with E-state index < -0.39 is 35.2 Å². The van der Waals surface area contributed by atoms with Gasteiger partial charge >= 0.3 is 0 Å². The molecule has 0 saturated carbocycles. The summed E-state index contributed by atoms with van der Waals surface area (Å²) in [7, 11) is 0. The Bertz CT molecular complexity index is 1190. The minimum Gasteiger partial charge on any atom is -0.349 e. The molecule has 0 spiro atoms. The van der Waals surface area contributed by atoms with Gasteiger partial charge in [-0.05, 0) is 12.5 Å². The van der Waals surface area contributed by atoms with Crippen LogP contribution in [-0.4, -0.2) is 34.8 Å². The van der Waals surface area contributed by atoms with Gasteiger partial charge in [-0.1, -0.05) is 18.2 Å². The molecule has 1 aliphatic heterocycles. The first kappa shape index (κ1) is 19.5. The normalized spacial score (nSPS) is 15.9. The third-order valence-corrected chi connectivity index (χ3v) is 5.13. The number of halogens is 3. The minimum atomic E-state index is -1.61. The van der Waals surface area contributed by atoms with Gasteiger partial charge in [0, 0.05) is 41.8 Å². The highest BCUT2D eigenvalue weighted by Crippen LogP contribution is 2.26. The van der Waals surface area contributed by atoms with E-state index in [4.69, 9.17) is 0 Å². The topological polar surface area (TPSA) is 89.0 Å². The summed E-state index contributed by atoms with van der Waals surface area (Å²) < 4.78 is 39.7. The van der Waals surface area contributed by atoms with Gasteiger partial charge in [0.1, 0.15) is 11.8 Å². The van der Waals surface area contributed by atoms with Crippen LogP contribution in [0, 0.1) is 34.7 Å². The van der Waals surface area contributed by atoms with Crippen molar-refractivity contribution in [3.63, 3.8) is 0 Å². The molecule has 2 heterocycles. The predicted molar refractivity (Wildman–Crippen MR) is 102 cm³/mol. The molecule has 6 nitrogen and oxygen atoms in total. The number of benzene rings is 2. The van der Waals surface area contributed by atoms with Crippen LogP contribution in [0.15, 0.2) is 36.4 Å². The van der Waals surface area contributed by atoms with Gasteiger partial charge in [0.05, 0.1) is 11.5 Å². The average Bonchev–Trinajstić information content (AvgIpc) is 3.36. The van der Waals surface area contributed by atoms with Crippen molar-refractivity contribution in [1.29, 1.82) is 5.26 Å². The van der Waals surface area contributed by atoms with Gasteiger partial charge in [0.15, 0.2) is 17.5 Å². The van der Waals surface area contributed by atoms with Crippen molar-refractivity contribution in [1.82, 2.24) is 9.88 Å². The second kappa shape index (κ2) is 7.55. The van der Waals surface area contributed by atoms with Gasteiger partial charge in [0.25, 0.3) is 5.91 Å². The first-order valence-corrected chi connectivity index (χ1v) is 9.14. The molecule has 4 rings (SSSR count). The number of aromatic nitrogens is 1. The molecule has 2 aromatic carbocycles. The number of amides is 2. The lowest BCUT2D eigenvalue weighted by atomic mass is 10.1. The zero-order valence-electron chi connectivity index (χ0n) is 15.5. The molecule has 1 atom stereocenters. The van der Waals surface area contributed by atoms with Crippen molar-refractivity contribution in [2.75, 3.05) is 18.4 Å². The predicted octanol–water partition coefficient (Wildman–Crippen LogP) is 3.56. The first-order valence-electron chi connectivity index (χ1n) is 9.14. The number of hydrogen-bond acceptors (Lipinski definition) is 3. The number of nitrogens with zero attached hydrogens (tertiary/aromatic N) is 2. The van der Waals surface area contributed by atoms with E-state index in [1.54, 1.807) is 24.3 Å². The van der Waals surface area contributed by atoms with E-state index in [1.807, 2.05) is 6.07 Å². The Morgan fingerprint density at radius 3 is 2.57 bits per heavy atom. The van der Waals surface area contributed by atoms with E-state index in [9.17, 15) is 28.0 Å². The monoisotopic (exact) mass is 412 g/mol. The van der Waals surface area contributed by atoms with E-state index in [0.29, 0.717) is 29.5 Å². The Labute approximate surface area is 168 Å². The number of carbonyl (C=O) groups is 2. The third kappa shape index (κ3) is 3.37. The number of para-hydroxylation sites is 1. The quantitative estimate of drug-likeness (QED) is 0.645. The summed E-state index contributed by atoms with van der Waals surface area (Å²) in [5, 5.41) is 12.5. The van der Waals surface area contributed by atoms with E-state index in [1.165, 1.54) is 4.90 Å². The maximum Gasteiger partial charge on any atom is 0.271 e. The number of nitrogens with one attached hydrogen (secondary N) is 2. The highest BCUT2D eigenvalue weighted by molar-refractivity contribution is 6.03. The van der Waals surface area contributed by atoms with E-state index >= 15 is 0 Å². The zero-order chi connectivity index (χ0) is 21.4. The number of aromatic amines is 1. The highest BCUT2D eigenvalue weighted by Gasteiger charge is 2.33. The van der Waals surface area contributed by atoms with Gasteiger partial charge in [-0.3, -0.25) is 9.59 Å². The lowest BCUT2D eigenvalue weighted by Crippen LogP contribution is -2.32. The van der Waals surface area contributed by atoms with Crippen LogP contribution >= 0.6 is 0 Å². The lowest BCUT2D eigenvalue weighted by molar-refractivity contribution is -0.119. The summed E-state index contributed by atoms with van der Waals surface area (Å²) in [6.07, 6.45) is 0.339. The van der Waals surface area contributed by atoms with E-state index in [2.05, 4.69) is 10.3 Å². The molecule has 152 valence electrons. The molecule has 1 fully saturated rings. The molecule has 2 N–H and O–H groups in total. The van der Waals surface area contributed by atoms with Gasteiger partial charge in [-0.25, -0.2) is 13.2 Å². The van der Waals surface area contributed by atoms with Crippen molar-refractivity contribution in [3.8, 4) is 6.07 Å². The average molecular weight is 412 g/mol. The van der Waals surface area contributed by atoms with Crippen molar-refractivity contribution in [2.24, 2.45) is 5.92 Å². The van der Waals surface area contributed by atoms with E-state index in [0.717, 1.165) is 0 Å². The van der Waals surface area contributed by atoms with Crippen LogP contribution in [0.5, 0.6) is 0 Å². The second-order valence-corrected chi connectivity index (χ2v) is 7.01. The molecular formula is C21H15F3N4O2. The minimum absolute atomic E-state index is 0.0804. The summed E-state index contributed by atoms with van der Waals surface area (Å²) in [5.74, 6) is -5.98. The van der Waals surface area contributed by atoms with Crippen LogP contribution in [0.3, 0.4) is 0 Å². The van der Waals surface area contributed by atoms with Crippen molar-refractivity contribution >= 4 is 28.4 Å². The number of carbonyl (C=O) groups excluding carboxylic acids is 2. The molecule has 0 aliphatic carbocycles. The molecule has 2 amide bonds. The Balaban J connectivity index is 1.49. The maximum absolute atomic E-state index is 13.3. The summed E-state index contributed by atoms with van der Waals surface area (Å²) in [5.41, 5.74) is 0.845. The van der Waals surface area contributed by atoms with Gasteiger partial charge in [0.2, 0.25) is 5.91 Å². The molecule has 0 unspecified atom stereocenters. The van der Waals surface area contributed by atoms with E-state index in [-0.39, 0.29) is 30.0 Å². The largest absolute Gasteiger partial charge is 0.349 e. The number of H-pyrrole nitrogens is 1. The lowest BCUT2D eigenvalue weighted by Gasteiger charge is -2.16. The fraction of sp³-hybridized carbons (Fsp3) is 0.190. The summed E-state index contributed by atoms with van der Waals surface area (Å²) in [6, 6.07) is 10.5. The van der Waals surface area contributed by atoms with Gasteiger partial charge < -0.3 is 15.2 Å². The number of rotatable bonds is 3. The van der Waals surface area contributed by atoms with Crippen LogP contribution in [0.1, 0.15) is 22.5 Å². The number of nitriles is 1. The molecule has 1 saturated heterocycles. The second-order valence-electron chi connectivity index (χ2n) is 7.01. The Morgan fingerprint density at radius 1 is 1.17 bits per heavy atom. The van der Waals surface area contributed by atoms with Crippen molar-refractivity contribution < 1.29 is 22.8 Å². The Hall–Kier alpha value is -3.80. The molecule has 30 heavy (non-hydrogen) atoms. The summed E-state index contributed by atoms with van der Waals surface area (Å²) in [6.45, 7) is 0.361. The molecule has 1 aliphatic rings. The molecular weight excluding hydrogens is 397 g/mol. The molecule has 3 aromatic rings. The molecule has 1 aromatic heterocycles. The standard InChI is InChI=1S/C21H15F3N4O2/c22-15-7-12(8-16(23)18(15)24)26-20(29)11-5-6-28(10-11)21(30)19-14(9-25)13-3-1-2-4-17(13)27-19/h1-4,7-8,11,27H,5-6,10H2,(H,26,29)/t11-/m0/s1. The van der Waals surface area contributed by atoms with Gasteiger partial charge in [-0.15, -0.1) is 0 Å². The van der Waals surface area contributed by atoms with Crippen LogP contribution in [0.2, 0.25) is 0 Å². The summed E-state index contributed by atoms with van der Waals surface area (Å²) >= 11 is 0. The van der Waals surface area contributed by atoms with Crippen LogP contribution in [0.25, 0.3) is 10.9 Å². The Morgan fingerprint density at radius 2 is 1.87 bits per heavy atom. The first-order chi connectivity index (χ1) is 14.4. The fourth-order valence-electron chi connectivity index (χ4n) is 3.61. The fourth-order valence-corrected chi connectivity index (χ4v) is 3.61. The molecule has 0 radical (unpaired) electrons. The van der Waals surface area contributed by atoms with Gasteiger partial charge in [-0.2, -0.15) is 5.26 Å². The number of hydrogen-bond donors (Lipinski definition) is 2. The zero-order valence-corrected chi connectivity index (χ0v) is 15.5. The SMILES string of the molecule is N#Cc1c(C(=O)N2CC[C@H](C(=O)Nc3cc(F)c(F)c(F)c3)C2)[nH]c2ccccc12. The number of likely N-dealkylation sites (tertiary alicyclic amines) is 1. The molecule has 0 bridgehead atoms. The summed E-state index contributed by atoms with van der Waals surface area (Å²) in [4.78, 5) is 29.8. The van der Waals surface area contributed by atoms with Crippen molar-refractivity contribution in [3.05, 3.63) is 65.1 Å². The molecule has 9 heteroatoms. The number of fused-ring (bicyclic) bond motifs is 1. The van der Waals surface area contributed by atoms with Crippen molar-refractivity contribution in [2.45, 2.75) is 6.42 Å². The Kier molecular flexibility index (Phi) is 4.91. The maximum atomic E-state index is 13.3. The van der Waals surface area contributed by atoms with Crippen LogP contribution in [-0.2, 0) is 4.79 Å². The highest BCUT2D eigenvalue weighted by atomic mass is 19.2. The third-order valence-electron chi connectivity index (χ3n) is 5.13. The van der Waals surface area contributed by atoms with Crippen LogP contribution in [0.4, 0.5) is 18.9 Å².